The molecule has 0 radical (unpaired) electrons. The monoisotopic (exact) mass is 383 g/mol. The van der Waals surface area contributed by atoms with Crippen molar-refractivity contribution in [1.29, 1.82) is 0 Å². The van der Waals surface area contributed by atoms with Gasteiger partial charge in [-0.15, -0.1) is 0 Å². The molecule has 0 heterocycles. The van der Waals surface area contributed by atoms with E-state index in [9.17, 15) is 9.59 Å². The van der Waals surface area contributed by atoms with Crippen LogP contribution in [0.5, 0.6) is 5.75 Å². The van der Waals surface area contributed by atoms with Crippen molar-refractivity contribution in [2.45, 2.75) is 25.4 Å². The minimum Gasteiger partial charge on any atom is -0.497 e. The number of nitrogens with zero attached hydrogens (tertiary/aromatic N) is 1. The van der Waals surface area contributed by atoms with Crippen molar-refractivity contribution < 1.29 is 14.3 Å². The van der Waals surface area contributed by atoms with Crippen LogP contribution in [0.4, 0.5) is 0 Å². The molecular formula is C25H21NO3. The van der Waals surface area contributed by atoms with Crippen LogP contribution in [-0.2, 0) is 6.54 Å². The molecule has 0 bridgehead atoms. The molecule has 1 fully saturated rings. The average Bonchev–Trinajstić information content (AvgIpc) is 3.58. The second-order valence-corrected chi connectivity index (χ2v) is 7.65. The van der Waals surface area contributed by atoms with Crippen molar-refractivity contribution in [2.75, 3.05) is 7.11 Å². The molecular weight excluding hydrogens is 362 g/mol. The van der Waals surface area contributed by atoms with Gasteiger partial charge in [0.2, 0.25) is 0 Å². The van der Waals surface area contributed by atoms with E-state index in [4.69, 9.17) is 4.74 Å². The summed E-state index contributed by atoms with van der Waals surface area (Å²) in [5, 5.41) is 0. The molecule has 0 unspecified atom stereocenters. The molecule has 1 amide bonds. The summed E-state index contributed by atoms with van der Waals surface area (Å²) >= 11 is 0. The van der Waals surface area contributed by atoms with E-state index in [-0.39, 0.29) is 17.7 Å². The van der Waals surface area contributed by atoms with Crippen LogP contribution in [0.3, 0.4) is 0 Å². The summed E-state index contributed by atoms with van der Waals surface area (Å²) in [6.07, 6.45) is 2.05. The molecule has 0 aromatic heterocycles. The van der Waals surface area contributed by atoms with Gasteiger partial charge in [0.25, 0.3) is 5.91 Å². The highest BCUT2D eigenvalue weighted by Gasteiger charge is 2.34. The molecule has 144 valence electrons. The fraction of sp³-hybridized carbons (Fsp3) is 0.200. The predicted octanol–water partition coefficient (Wildman–Crippen LogP) is 4.71. The van der Waals surface area contributed by atoms with Crippen LogP contribution in [0, 0.1) is 0 Å². The van der Waals surface area contributed by atoms with Gasteiger partial charge in [0.1, 0.15) is 5.75 Å². The Kier molecular flexibility index (Phi) is 4.20. The lowest BCUT2D eigenvalue weighted by molar-refractivity contribution is 0.0730. The van der Waals surface area contributed by atoms with Gasteiger partial charge >= 0.3 is 0 Å². The summed E-state index contributed by atoms with van der Waals surface area (Å²) in [7, 11) is 1.64. The summed E-state index contributed by atoms with van der Waals surface area (Å²) in [6.45, 7) is 0.554. The summed E-state index contributed by atoms with van der Waals surface area (Å²) in [5.41, 5.74) is 4.83. The average molecular weight is 383 g/mol. The minimum atomic E-state index is -0.0186. The van der Waals surface area contributed by atoms with Gasteiger partial charge in [-0.25, -0.2) is 0 Å². The quantitative estimate of drug-likeness (QED) is 0.501. The van der Waals surface area contributed by atoms with Crippen molar-refractivity contribution in [2.24, 2.45) is 0 Å². The first-order valence-corrected chi connectivity index (χ1v) is 9.88. The van der Waals surface area contributed by atoms with Gasteiger partial charge < -0.3 is 9.64 Å². The standard InChI is InChI=1S/C25H21NO3/c1-29-19-11-6-16(7-12-19)15-26(18-9-10-18)25(28)17-8-13-21-20-4-2-3-5-22(20)24(27)23(21)14-17/h2-8,11-14,18H,9-10,15H2,1H3. The second kappa shape index (κ2) is 6.89. The van der Waals surface area contributed by atoms with Crippen LogP contribution >= 0.6 is 0 Å². The molecule has 0 atom stereocenters. The second-order valence-electron chi connectivity index (χ2n) is 7.65. The van der Waals surface area contributed by atoms with Gasteiger partial charge in [0.05, 0.1) is 7.11 Å². The Hall–Kier alpha value is -3.40. The predicted molar refractivity (Wildman–Crippen MR) is 111 cm³/mol. The van der Waals surface area contributed by atoms with Gasteiger partial charge in [0.15, 0.2) is 5.78 Å². The van der Waals surface area contributed by atoms with Gasteiger partial charge in [-0.3, -0.25) is 9.59 Å². The zero-order chi connectivity index (χ0) is 20.0. The fourth-order valence-electron chi connectivity index (χ4n) is 4.01. The third kappa shape index (κ3) is 3.11. The summed E-state index contributed by atoms with van der Waals surface area (Å²) in [6, 6.07) is 21.2. The molecule has 0 spiro atoms. The van der Waals surface area contributed by atoms with E-state index in [1.807, 2.05) is 65.6 Å². The van der Waals surface area contributed by atoms with Crippen LogP contribution in [-0.4, -0.2) is 29.7 Å². The maximum Gasteiger partial charge on any atom is 0.254 e. The van der Waals surface area contributed by atoms with Crippen molar-refractivity contribution in [3.63, 3.8) is 0 Å². The lowest BCUT2D eigenvalue weighted by atomic mass is 10.0. The number of amides is 1. The summed E-state index contributed by atoms with van der Waals surface area (Å²) in [5.74, 6) is 0.781. The maximum absolute atomic E-state index is 13.3. The van der Waals surface area contributed by atoms with E-state index < -0.39 is 0 Å². The third-order valence-electron chi connectivity index (χ3n) is 5.73. The number of ether oxygens (including phenoxy) is 1. The largest absolute Gasteiger partial charge is 0.497 e. The Labute approximate surface area is 169 Å². The number of hydrogen-bond donors (Lipinski definition) is 0. The number of ketones is 1. The Morgan fingerprint density at radius 2 is 1.62 bits per heavy atom. The molecule has 0 N–H and O–H groups in total. The first-order valence-electron chi connectivity index (χ1n) is 9.88. The van der Waals surface area contributed by atoms with Gasteiger partial charge in [-0.2, -0.15) is 0 Å². The SMILES string of the molecule is COc1ccc(CN(C(=O)c2ccc3c(c2)C(=O)c2ccccc2-3)C2CC2)cc1. The van der Waals surface area contributed by atoms with E-state index in [1.165, 1.54) is 0 Å². The molecule has 3 aromatic carbocycles. The maximum atomic E-state index is 13.3. The van der Waals surface area contributed by atoms with Crippen molar-refractivity contribution >= 4 is 11.7 Å². The third-order valence-corrected chi connectivity index (χ3v) is 5.73. The number of hydrogen-bond acceptors (Lipinski definition) is 3. The fourth-order valence-corrected chi connectivity index (χ4v) is 4.01. The van der Waals surface area contributed by atoms with E-state index in [0.717, 1.165) is 35.3 Å². The molecule has 1 saturated carbocycles. The zero-order valence-corrected chi connectivity index (χ0v) is 16.2. The topological polar surface area (TPSA) is 46.6 Å². The molecule has 0 saturated heterocycles. The number of carbonyl (C=O) groups excluding carboxylic acids is 2. The normalized spacial score (nSPS) is 14.3. The van der Waals surface area contributed by atoms with Crippen molar-refractivity contribution in [3.8, 4) is 16.9 Å². The van der Waals surface area contributed by atoms with Crippen molar-refractivity contribution in [1.82, 2.24) is 4.90 Å². The summed E-state index contributed by atoms with van der Waals surface area (Å²) in [4.78, 5) is 28.0. The van der Waals surface area contributed by atoms with E-state index in [0.29, 0.717) is 23.2 Å². The lowest BCUT2D eigenvalue weighted by Gasteiger charge is -2.23. The summed E-state index contributed by atoms with van der Waals surface area (Å²) < 4.78 is 5.22. The molecule has 0 aliphatic heterocycles. The highest BCUT2D eigenvalue weighted by molar-refractivity contribution is 6.22. The Bertz CT molecular complexity index is 1110. The smallest absolute Gasteiger partial charge is 0.254 e. The van der Waals surface area contributed by atoms with Crippen LogP contribution in [0.15, 0.2) is 66.7 Å². The Morgan fingerprint density at radius 1 is 0.931 bits per heavy atom. The van der Waals surface area contributed by atoms with E-state index in [1.54, 1.807) is 13.2 Å². The number of rotatable bonds is 5. The minimum absolute atomic E-state index is 0.00150. The van der Waals surface area contributed by atoms with Gasteiger partial charge in [-0.1, -0.05) is 42.5 Å². The molecule has 4 heteroatoms. The highest BCUT2D eigenvalue weighted by atomic mass is 16.5. The first-order chi connectivity index (χ1) is 14.2. The Morgan fingerprint density at radius 3 is 2.31 bits per heavy atom. The molecule has 2 aliphatic carbocycles. The Balaban J connectivity index is 1.44. The number of carbonyl (C=O) groups is 2. The first kappa shape index (κ1) is 17.7. The molecule has 4 nitrogen and oxygen atoms in total. The molecule has 5 rings (SSSR count). The van der Waals surface area contributed by atoms with Crippen LogP contribution in [0.1, 0.15) is 44.7 Å². The molecule has 3 aromatic rings. The number of benzene rings is 3. The van der Waals surface area contributed by atoms with Crippen LogP contribution in [0.25, 0.3) is 11.1 Å². The van der Waals surface area contributed by atoms with E-state index >= 15 is 0 Å². The van der Waals surface area contributed by atoms with Gasteiger partial charge in [0, 0.05) is 29.3 Å². The molecule has 2 aliphatic rings. The van der Waals surface area contributed by atoms with Crippen LogP contribution < -0.4 is 4.74 Å². The van der Waals surface area contributed by atoms with Crippen molar-refractivity contribution in [3.05, 3.63) is 89.0 Å². The van der Waals surface area contributed by atoms with E-state index in [2.05, 4.69) is 0 Å². The lowest BCUT2D eigenvalue weighted by Crippen LogP contribution is -2.32. The number of methoxy groups -OCH3 is 1. The van der Waals surface area contributed by atoms with Gasteiger partial charge in [-0.05, 0) is 53.8 Å². The zero-order valence-electron chi connectivity index (χ0n) is 16.2. The molecule has 29 heavy (non-hydrogen) atoms. The van der Waals surface area contributed by atoms with Crippen LogP contribution in [0.2, 0.25) is 0 Å². The number of fused-ring (bicyclic) bond motifs is 3. The highest BCUT2D eigenvalue weighted by Crippen LogP contribution is 2.37.